The minimum atomic E-state index is -0.621. The lowest BCUT2D eigenvalue weighted by Gasteiger charge is -2.34. The van der Waals surface area contributed by atoms with Crippen molar-refractivity contribution in [2.45, 2.75) is 103 Å². The van der Waals surface area contributed by atoms with Crippen molar-refractivity contribution < 1.29 is 23.6 Å². The summed E-state index contributed by atoms with van der Waals surface area (Å²) in [5, 5.41) is 3.37. The van der Waals surface area contributed by atoms with Gasteiger partial charge in [0.25, 0.3) is 0 Å². The summed E-state index contributed by atoms with van der Waals surface area (Å²) in [4.78, 5) is 35.7. The molecule has 1 aromatic heterocycles. The topological polar surface area (TPSA) is 103 Å². The molecule has 3 heterocycles. The highest BCUT2D eigenvalue weighted by molar-refractivity contribution is 7.99. The van der Waals surface area contributed by atoms with Gasteiger partial charge in [-0.3, -0.25) is 4.79 Å². The maximum atomic E-state index is 12.9. The zero-order chi connectivity index (χ0) is 26.7. The van der Waals surface area contributed by atoms with E-state index in [2.05, 4.69) is 15.3 Å². The number of aromatic nitrogens is 2. The Morgan fingerprint density at radius 1 is 1.22 bits per heavy atom. The first-order valence-electron chi connectivity index (χ1n) is 12.8. The summed E-state index contributed by atoms with van der Waals surface area (Å²) < 4.78 is 17.4. The van der Waals surface area contributed by atoms with Crippen LogP contribution in [0.5, 0.6) is 0 Å². The fraction of sp³-hybridized carbons (Fsp3) is 0.760. The van der Waals surface area contributed by atoms with Crippen molar-refractivity contribution in [3.8, 4) is 0 Å². The maximum Gasteiger partial charge on any atom is 0.498 e. The second-order valence-corrected chi connectivity index (χ2v) is 12.7. The predicted octanol–water partition coefficient (Wildman–Crippen LogP) is 3.41. The highest BCUT2D eigenvalue weighted by atomic mass is 32.2. The number of hydrogen-bond acceptors (Lipinski definition) is 8. The summed E-state index contributed by atoms with van der Waals surface area (Å²) in [6.45, 7) is 16.6. The quantitative estimate of drug-likeness (QED) is 0.332. The summed E-state index contributed by atoms with van der Waals surface area (Å²) in [5.41, 5.74) is -0.585. The van der Waals surface area contributed by atoms with Gasteiger partial charge in [0.1, 0.15) is 11.6 Å². The molecule has 200 valence electrons. The van der Waals surface area contributed by atoms with E-state index < -0.39 is 36.1 Å². The van der Waals surface area contributed by atoms with Gasteiger partial charge in [0.05, 0.1) is 11.2 Å². The molecule has 1 aromatic rings. The predicted molar refractivity (Wildman–Crippen MR) is 141 cm³/mol. The van der Waals surface area contributed by atoms with Crippen LogP contribution in [0.4, 0.5) is 4.79 Å². The highest BCUT2D eigenvalue weighted by Gasteiger charge is 2.52. The average Bonchev–Trinajstić information content (AvgIpc) is 2.99. The first-order chi connectivity index (χ1) is 16.7. The number of rotatable bonds is 7. The van der Waals surface area contributed by atoms with Gasteiger partial charge in [0.2, 0.25) is 5.91 Å². The van der Waals surface area contributed by atoms with Crippen molar-refractivity contribution in [1.82, 2.24) is 20.2 Å². The molecule has 0 bridgehead atoms. The van der Waals surface area contributed by atoms with Gasteiger partial charge in [0, 0.05) is 36.7 Å². The maximum absolute atomic E-state index is 12.9. The molecule has 2 atom stereocenters. The fourth-order valence-corrected chi connectivity index (χ4v) is 5.03. The number of hydrogen-bond donors (Lipinski definition) is 1. The van der Waals surface area contributed by atoms with Crippen LogP contribution in [0.2, 0.25) is 0 Å². The number of alkyl carbamates (subject to hydrolysis) is 1. The van der Waals surface area contributed by atoms with E-state index in [1.807, 2.05) is 32.6 Å². The lowest BCUT2D eigenvalue weighted by molar-refractivity contribution is -0.134. The first-order valence-corrected chi connectivity index (χ1v) is 13.7. The van der Waals surface area contributed by atoms with Crippen molar-refractivity contribution in [3.05, 3.63) is 12.4 Å². The van der Waals surface area contributed by atoms with Gasteiger partial charge in [0.15, 0.2) is 5.16 Å². The number of thioether (sulfide) groups is 1. The number of piperidine rings is 1. The third-order valence-electron chi connectivity index (χ3n) is 6.87. The molecule has 2 saturated heterocycles. The zero-order valence-electron chi connectivity index (χ0n) is 22.9. The lowest BCUT2D eigenvalue weighted by Crippen LogP contribution is -2.50. The molecule has 2 fully saturated rings. The van der Waals surface area contributed by atoms with Crippen molar-refractivity contribution in [2.24, 2.45) is 5.92 Å². The third-order valence-corrected chi connectivity index (χ3v) is 7.77. The van der Waals surface area contributed by atoms with Crippen LogP contribution in [-0.2, 0) is 18.8 Å². The summed E-state index contributed by atoms with van der Waals surface area (Å²) in [5.74, 6) is 1.21. The number of ether oxygens (including phenoxy) is 1. The van der Waals surface area contributed by atoms with E-state index >= 15 is 0 Å². The molecule has 2 aliphatic rings. The molecular weight excluding hydrogens is 479 g/mol. The zero-order valence-corrected chi connectivity index (χ0v) is 23.7. The van der Waals surface area contributed by atoms with Gasteiger partial charge in [-0.2, -0.15) is 0 Å². The molecule has 2 aliphatic heterocycles. The Morgan fingerprint density at radius 2 is 1.83 bits per heavy atom. The van der Waals surface area contributed by atoms with Crippen molar-refractivity contribution >= 4 is 36.3 Å². The van der Waals surface area contributed by atoms with E-state index in [4.69, 9.17) is 14.0 Å². The molecule has 0 aromatic carbocycles. The molecule has 0 spiro atoms. The highest BCUT2D eigenvalue weighted by Crippen LogP contribution is 2.36. The molecule has 0 unspecified atom stereocenters. The van der Waals surface area contributed by atoms with E-state index in [-0.39, 0.29) is 5.91 Å². The third kappa shape index (κ3) is 7.58. The van der Waals surface area contributed by atoms with Crippen LogP contribution in [0, 0.1) is 5.92 Å². The van der Waals surface area contributed by atoms with E-state index in [9.17, 15) is 9.59 Å². The van der Waals surface area contributed by atoms with E-state index in [1.165, 1.54) is 0 Å². The van der Waals surface area contributed by atoms with E-state index in [1.54, 1.807) is 51.9 Å². The van der Waals surface area contributed by atoms with Gasteiger partial charge in [-0.25, -0.2) is 14.8 Å². The molecular formula is C25H41BN4O5S. The fourth-order valence-electron chi connectivity index (χ4n) is 4.14. The summed E-state index contributed by atoms with van der Waals surface area (Å²) in [6, 6.07) is -0.621. The Kier molecular flexibility index (Phi) is 8.99. The second kappa shape index (κ2) is 11.3. The first kappa shape index (κ1) is 28.7. The normalized spacial score (nSPS) is 22.3. The van der Waals surface area contributed by atoms with Crippen LogP contribution < -0.4 is 10.8 Å². The minimum Gasteiger partial charge on any atom is -0.444 e. The van der Waals surface area contributed by atoms with Crippen LogP contribution in [0.1, 0.15) is 74.7 Å². The molecule has 1 N–H and O–H groups in total. The lowest BCUT2D eigenvalue weighted by atomic mass is 9.81. The molecule has 0 aliphatic carbocycles. The summed E-state index contributed by atoms with van der Waals surface area (Å²) in [7, 11) is -0.466. The van der Waals surface area contributed by atoms with Crippen molar-refractivity contribution in [3.63, 3.8) is 0 Å². The largest absolute Gasteiger partial charge is 0.498 e. The van der Waals surface area contributed by atoms with Crippen LogP contribution >= 0.6 is 11.8 Å². The number of nitrogens with zero attached hydrogens (tertiary/aromatic N) is 3. The van der Waals surface area contributed by atoms with E-state index in [0.717, 1.165) is 30.5 Å². The minimum absolute atomic E-state index is 0.0696. The molecule has 36 heavy (non-hydrogen) atoms. The standard InChI is InChI=1S/C25H41BN4O5S/c1-17(29-22(32)33-23(2,3)4)20(31)30-12-9-10-18(16-30)11-13-36-21-27-14-19(15-28-21)26-34-24(5,6)25(7,8)35-26/h14-15,17-18H,9-13,16H2,1-8H3,(H,29,32)/t17-,18+/m1/s1. The Hall–Kier alpha value is -1.85. The summed E-state index contributed by atoms with van der Waals surface area (Å²) >= 11 is 1.61. The number of carbonyl (C=O) groups is 2. The van der Waals surface area contributed by atoms with E-state index in [0.29, 0.717) is 24.2 Å². The molecule has 0 saturated carbocycles. The van der Waals surface area contributed by atoms with Crippen LogP contribution in [-0.4, -0.2) is 75.7 Å². The monoisotopic (exact) mass is 520 g/mol. The van der Waals surface area contributed by atoms with Gasteiger partial charge in [-0.15, -0.1) is 0 Å². The van der Waals surface area contributed by atoms with Crippen molar-refractivity contribution in [2.75, 3.05) is 18.8 Å². The van der Waals surface area contributed by atoms with Gasteiger partial charge in [-0.05, 0) is 80.6 Å². The molecule has 9 nitrogen and oxygen atoms in total. The molecule has 0 radical (unpaired) electrons. The average molecular weight is 521 g/mol. The Labute approximate surface area is 220 Å². The number of amides is 2. The SMILES string of the molecule is C[C@@H](NC(=O)OC(C)(C)C)C(=O)N1CCC[C@@H](CCSc2ncc(B3OC(C)(C)C(C)(C)O3)cn2)C1. The molecule has 2 amide bonds. The Morgan fingerprint density at radius 3 is 2.42 bits per heavy atom. The van der Waals surface area contributed by atoms with Crippen LogP contribution in [0.3, 0.4) is 0 Å². The smallest absolute Gasteiger partial charge is 0.444 e. The van der Waals surface area contributed by atoms with Crippen molar-refractivity contribution in [1.29, 1.82) is 0 Å². The van der Waals surface area contributed by atoms with Crippen LogP contribution in [0.25, 0.3) is 0 Å². The Balaban J connectivity index is 1.43. The van der Waals surface area contributed by atoms with Gasteiger partial charge < -0.3 is 24.3 Å². The van der Waals surface area contributed by atoms with Gasteiger partial charge >= 0.3 is 13.2 Å². The molecule has 11 heteroatoms. The second-order valence-electron chi connectivity index (χ2n) is 11.7. The Bertz CT molecular complexity index is 906. The number of nitrogens with one attached hydrogen (secondary N) is 1. The van der Waals surface area contributed by atoms with Gasteiger partial charge in [-0.1, -0.05) is 11.8 Å². The molecule has 3 rings (SSSR count). The number of carbonyl (C=O) groups excluding carboxylic acids is 2. The van der Waals surface area contributed by atoms with Crippen LogP contribution in [0.15, 0.2) is 17.6 Å². The number of likely N-dealkylation sites (tertiary alicyclic amines) is 1. The summed E-state index contributed by atoms with van der Waals surface area (Å²) in [6.07, 6.45) is 5.98.